The maximum absolute atomic E-state index is 12.5. The molecule has 0 radical (unpaired) electrons. The lowest BCUT2D eigenvalue weighted by atomic mass is 10.2. The molecule has 0 aromatic carbocycles. The highest BCUT2D eigenvalue weighted by Gasteiger charge is 2.23. The van der Waals surface area contributed by atoms with Gasteiger partial charge < -0.3 is 14.7 Å². The summed E-state index contributed by atoms with van der Waals surface area (Å²) in [7, 11) is 5.89. The average molecular weight is 248 g/mol. The number of amides is 1. The first-order valence-electron chi connectivity index (χ1n) is 6.20. The van der Waals surface area contributed by atoms with E-state index in [1.165, 1.54) is 0 Å². The molecule has 0 N–H and O–H groups in total. The van der Waals surface area contributed by atoms with E-state index in [0.29, 0.717) is 5.56 Å². The zero-order valence-corrected chi connectivity index (χ0v) is 11.3. The number of aromatic nitrogens is 1. The van der Waals surface area contributed by atoms with Crippen molar-refractivity contribution in [2.24, 2.45) is 0 Å². The second-order valence-electron chi connectivity index (χ2n) is 4.86. The van der Waals surface area contributed by atoms with Crippen molar-refractivity contribution in [3.63, 3.8) is 0 Å². The Balaban J connectivity index is 2.18. The predicted octanol–water partition coefficient (Wildman–Crippen LogP) is 0.535. The molecule has 0 atom stereocenters. The van der Waals surface area contributed by atoms with E-state index in [1.807, 2.05) is 36.0 Å². The molecule has 1 aromatic rings. The Morgan fingerprint density at radius 2 is 1.94 bits per heavy atom. The van der Waals surface area contributed by atoms with Crippen molar-refractivity contribution in [2.75, 3.05) is 52.2 Å². The SMILES string of the molecule is CN1CCN(C(=O)c2cccnc2N(C)C)CC1. The number of anilines is 1. The lowest BCUT2D eigenvalue weighted by Gasteiger charge is -2.33. The molecule has 1 fully saturated rings. The fourth-order valence-electron chi connectivity index (χ4n) is 2.10. The average Bonchev–Trinajstić information content (AvgIpc) is 2.39. The summed E-state index contributed by atoms with van der Waals surface area (Å²) in [6, 6.07) is 3.67. The van der Waals surface area contributed by atoms with Crippen molar-refractivity contribution in [3.05, 3.63) is 23.9 Å². The Morgan fingerprint density at radius 3 is 2.56 bits per heavy atom. The summed E-state index contributed by atoms with van der Waals surface area (Å²) in [6.45, 7) is 3.45. The molecule has 98 valence electrons. The van der Waals surface area contributed by atoms with E-state index in [4.69, 9.17) is 0 Å². The fraction of sp³-hybridized carbons (Fsp3) is 0.538. The Morgan fingerprint density at radius 1 is 1.28 bits per heavy atom. The van der Waals surface area contributed by atoms with Crippen molar-refractivity contribution in [1.82, 2.24) is 14.8 Å². The topological polar surface area (TPSA) is 39.7 Å². The van der Waals surface area contributed by atoms with Gasteiger partial charge in [0.25, 0.3) is 5.91 Å². The summed E-state index contributed by atoms with van der Waals surface area (Å²) >= 11 is 0. The van der Waals surface area contributed by atoms with Crippen molar-refractivity contribution in [3.8, 4) is 0 Å². The zero-order valence-electron chi connectivity index (χ0n) is 11.3. The minimum Gasteiger partial charge on any atom is -0.362 e. The van der Waals surface area contributed by atoms with Crippen molar-refractivity contribution < 1.29 is 4.79 Å². The lowest BCUT2D eigenvalue weighted by molar-refractivity contribution is 0.0664. The van der Waals surface area contributed by atoms with Crippen LogP contribution in [-0.4, -0.2) is 68.0 Å². The Bertz CT molecular complexity index is 425. The van der Waals surface area contributed by atoms with E-state index in [2.05, 4.69) is 16.9 Å². The normalized spacial score (nSPS) is 16.7. The summed E-state index contributed by atoms with van der Waals surface area (Å²) in [6.07, 6.45) is 1.72. The van der Waals surface area contributed by atoms with Crippen LogP contribution < -0.4 is 4.90 Å². The minimum atomic E-state index is 0.0832. The van der Waals surface area contributed by atoms with Crippen LogP contribution in [-0.2, 0) is 0 Å². The summed E-state index contributed by atoms with van der Waals surface area (Å²) < 4.78 is 0. The van der Waals surface area contributed by atoms with Gasteiger partial charge in [-0.1, -0.05) is 0 Å². The van der Waals surface area contributed by atoms with Crippen LogP contribution in [0.15, 0.2) is 18.3 Å². The Hall–Kier alpha value is -1.62. The van der Waals surface area contributed by atoms with E-state index < -0.39 is 0 Å². The molecule has 0 unspecified atom stereocenters. The highest BCUT2D eigenvalue weighted by atomic mass is 16.2. The molecule has 1 saturated heterocycles. The predicted molar refractivity (Wildman–Crippen MR) is 72.0 cm³/mol. The van der Waals surface area contributed by atoms with Crippen molar-refractivity contribution in [1.29, 1.82) is 0 Å². The Labute approximate surface area is 108 Å². The first kappa shape index (κ1) is 12.8. The van der Waals surface area contributed by atoms with Gasteiger partial charge in [-0.2, -0.15) is 0 Å². The second kappa shape index (κ2) is 5.35. The number of piperazine rings is 1. The van der Waals surface area contributed by atoms with E-state index in [9.17, 15) is 4.79 Å². The molecule has 0 aliphatic carbocycles. The third-order valence-electron chi connectivity index (χ3n) is 3.23. The first-order valence-corrected chi connectivity index (χ1v) is 6.20. The molecule has 0 bridgehead atoms. The van der Waals surface area contributed by atoms with Gasteiger partial charge in [-0.25, -0.2) is 4.98 Å². The molecule has 18 heavy (non-hydrogen) atoms. The fourth-order valence-corrected chi connectivity index (χ4v) is 2.10. The second-order valence-corrected chi connectivity index (χ2v) is 4.86. The smallest absolute Gasteiger partial charge is 0.257 e. The van der Waals surface area contributed by atoms with Crippen LogP contribution in [0, 0.1) is 0 Å². The van der Waals surface area contributed by atoms with Crippen LogP contribution in [0.5, 0.6) is 0 Å². The van der Waals surface area contributed by atoms with Gasteiger partial charge in [-0.05, 0) is 19.2 Å². The third kappa shape index (κ3) is 2.61. The van der Waals surface area contributed by atoms with Crippen molar-refractivity contribution >= 4 is 11.7 Å². The van der Waals surface area contributed by atoms with Crippen LogP contribution in [0.2, 0.25) is 0 Å². The van der Waals surface area contributed by atoms with E-state index in [1.54, 1.807) is 6.20 Å². The third-order valence-corrected chi connectivity index (χ3v) is 3.23. The summed E-state index contributed by atoms with van der Waals surface area (Å²) in [5, 5.41) is 0. The summed E-state index contributed by atoms with van der Waals surface area (Å²) in [5.41, 5.74) is 0.687. The summed E-state index contributed by atoms with van der Waals surface area (Å²) in [5.74, 6) is 0.821. The molecule has 1 amide bonds. The monoisotopic (exact) mass is 248 g/mol. The molecule has 0 saturated carbocycles. The van der Waals surface area contributed by atoms with E-state index in [-0.39, 0.29) is 5.91 Å². The van der Waals surface area contributed by atoms with Gasteiger partial charge in [-0.3, -0.25) is 4.79 Å². The number of pyridine rings is 1. The van der Waals surface area contributed by atoms with Crippen LogP contribution in [0.3, 0.4) is 0 Å². The number of carbonyl (C=O) groups is 1. The highest BCUT2D eigenvalue weighted by molar-refractivity contribution is 5.98. The molecule has 1 aliphatic heterocycles. The molecule has 5 heteroatoms. The molecule has 2 rings (SSSR count). The van der Waals surface area contributed by atoms with Gasteiger partial charge in [0.2, 0.25) is 0 Å². The molecule has 2 heterocycles. The van der Waals surface area contributed by atoms with Crippen LogP contribution in [0.25, 0.3) is 0 Å². The highest BCUT2D eigenvalue weighted by Crippen LogP contribution is 2.17. The molecular formula is C13H20N4O. The van der Waals surface area contributed by atoms with Gasteiger partial charge >= 0.3 is 0 Å². The number of carbonyl (C=O) groups excluding carboxylic acids is 1. The van der Waals surface area contributed by atoms with Gasteiger partial charge in [-0.15, -0.1) is 0 Å². The van der Waals surface area contributed by atoms with E-state index in [0.717, 1.165) is 32.0 Å². The summed E-state index contributed by atoms with van der Waals surface area (Å²) in [4.78, 5) is 22.8. The maximum atomic E-state index is 12.5. The molecular weight excluding hydrogens is 228 g/mol. The van der Waals surface area contributed by atoms with Gasteiger partial charge in [0, 0.05) is 46.5 Å². The van der Waals surface area contributed by atoms with Crippen LogP contribution in [0.1, 0.15) is 10.4 Å². The minimum absolute atomic E-state index is 0.0832. The number of nitrogens with zero attached hydrogens (tertiary/aromatic N) is 4. The van der Waals surface area contributed by atoms with Gasteiger partial charge in [0.1, 0.15) is 5.82 Å². The molecule has 5 nitrogen and oxygen atoms in total. The first-order chi connectivity index (χ1) is 8.59. The van der Waals surface area contributed by atoms with Crippen molar-refractivity contribution in [2.45, 2.75) is 0 Å². The molecule has 1 aromatic heterocycles. The standard InChI is InChI=1S/C13H20N4O/c1-15(2)12-11(5-4-6-14-12)13(18)17-9-7-16(3)8-10-17/h4-6H,7-10H2,1-3H3. The van der Waals surface area contributed by atoms with Crippen LogP contribution in [0.4, 0.5) is 5.82 Å². The maximum Gasteiger partial charge on any atom is 0.257 e. The van der Waals surface area contributed by atoms with E-state index >= 15 is 0 Å². The lowest BCUT2D eigenvalue weighted by Crippen LogP contribution is -2.47. The zero-order chi connectivity index (χ0) is 13.1. The van der Waals surface area contributed by atoms with Gasteiger partial charge in [0.05, 0.1) is 5.56 Å². The van der Waals surface area contributed by atoms with Gasteiger partial charge in [0.15, 0.2) is 0 Å². The number of hydrogen-bond donors (Lipinski definition) is 0. The Kier molecular flexibility index (Phi) is 3.81. The number of rotatable bonds is 2. The quantitative estimate of drug-likeness (QED) is 0.765. The van der Waals surface area contributed by atoms with Crippen LogP contribution >= 0.6 is 0 Å². The largest absolute Gasteiger partial charge is 0.362 e. The number of likely N-dealkylation sites (N-methyl/N-ethyl adjacent to an activating group) is 1. The number of hydrogen-bond acceptors (Lipinski definition) is 4. The molecule has 1 aliphatic rings. The molecule has 0 spiro atoms.